The van der Waals surface area contributed by atoms with Crippen molar-refractivity contribution in [1.82, 2.24) is 20.6 Å². The maximum atomic E-state index is 12.8. The van der Waals surface area contributed by atoms with E-state index in [9.17, 15) is 18.3 Å². The van der Waals surface area contributed by atoms with Crippen molar-refractivity contribution in [3.8, 4) is 0 Å². The van der Waals surface area contributed by atoms with Crippen LogP contribution < -0.4 is 0 Å². The van der Waals surface area contributed by atoms with Gasteiger partial charge in [0.1, 0.15) is 9.97 Å². The van der Waals surface area contributed by atoms with Crippen molar-refractivity contribution < 1.29 is 18.3 Å². The number of H-pyrrole nitrogens is 1. The number of aliphatic hydroxyl groups is 1. The van der Waals surface area contributed by atoms with Gasteiger partial charge in [-0.1, -0.05) is 11.6 Å². The van der Waals surface area contributed by atoms with E-state index in [1.165, 1.54) is 35.7 Å². The van der Waals surface area contributed by atoms with E-state index in [1.54, 1.807) is 0 Å². The van der Waals surface area contributed by atoms with Gasteiger partial charge in [0.15, 0.2) is 0 Å². The molecule has 0 aliphatic heterocycles. The minimum atomic E-state index is -3.88. The number of aliphatic hydroxyl groups excluding tert-OH is 1. The number of aromatic nitrogens is 4. The third-order valence-corrected chi connectivity index (χ3v) is 6.61. The highest BCUT2D eigenvalue weighted by molar-refractivity contribution is 7.93. The first-order chi connectivity index (χ1) is 11.9. The summed E-state index contributed by atoms with van der Waals surface area (Å²) >= 11 is 6.70. The van der Waals surface area contributed by atoms with Gasteiger partial charge in [-0.3, -0.25) is 4.79 Å². The lowest BCUT2D eigenvalue weighted by Gasteiger charge is -2.05. The van der Waals surface area contributed by atoms with Gasteiger partial charge in [0.2, 0.25) is 21.4 Å². The zero-order chi connectivity index (χ0) is 18.0. The summed E-state index contributed by atoms with van der Waals surface area (Å²) in [6.07, 6.45) is 0.841. The Bertz CT molecular complexity index is 1040. The number of hydrogen-bond donors (Lipinski definition) is 2. The summed E-state index contributed by atoms with van der Waals surface area (Å²) in [5.41, 5.74) is 0.0109. The van der Waals surface area contributed by atoms with E-state index in [0.29, 0.717) is 5.02 Å². The molecule has 0 aliphatic carbocycles. The zero-order valence-corrected chi connectivity index (χ0v) is 14.6. The zero-order valence-electron chi connectivity index (χ0n) is 12.2. The number of nitrogens with one attached hydrogen (secondary N) is 1. The fourth-order valence-electron chi connectivity index (χ4n) is 1.95. The van der Waals surface area contributed by atoms with Crippen LogP contribution in [0, 0.1) is 0 Å². The molecular weight excluding hydrogens is 388 g/mol. The van der Waals surface area contributed by atoms with Gasteiger partial charge in [-0.2, -0.15) is 5.21 Å². The van der Waals surface area contributed by atoms with Crippen LogP contribution in [0.2, 0.25) is 5.02 Å². The Morgan fingerprint density at radius 2 is 1.96 bits per heavy atom. The normalized spacial score (nSPS) is 12.3. The molecule has 0 radical (unpaired) electrons. The second-order valence-corrected chi connectivity index (χ2v) is 8.21. The lowest BCUT2D eigenvalue weighted by Crippen LogP contribution is -2.04. The molecule has 0 bridgehead atoms. The van der Waals surface area contributed by atoms with Gasteiger partial charge in [0.05, 0.1) is 4.90 Å². The van der Waals surface area contributed by atoms with Gasteiger partial charge in [0, 0.05) is 16.7 Å². The molecule has 0 saturated carbocycles. The maximum Gasteiger partial charge on any atom is 0.244 e. The largest absolute Gasteiger partial charge is 0.507 e. The molecule has 3 rings (SSSR count). The lowest BCUT2D eigenvalue weighted by atomic mass is 10.2. The van der Waals surface area contributed by atoms with Crippen LogP contribution in [-0.4, -0.2) is 39.9 Å². The van der Waals surface area contributed by atoms with Gasteiger partial charge in [0.25, 0.3) is 0 Å². The molecule has 3 aromatic rings. The minimum Gasteiger partial charge on any atom is -0.507 e. The standard InChI is InChI=1S/C14H9ClN4O4S2/c15-8-1-3-9(4-2-8)25(22,23)14-10(5-6-24-14)11(20)7-12(21)13-16-18-19-17-13/h1-7,20H,(H,16,17,18,19). The number of aromatic amines is 1. The highest BCUT2D eigenvalue weighted by Gasteiger charge is 2.25. The minimum absolute atomic E-state index is 0.0109. The average molecular weight is 397 g/mol. The van der Waals surface area contributed by atoms with Gasteiger partial charge >= 0.3 is 0 Å². The molecule has 0 fully saturated rings. The van der Waals surface area contributed by atoms with Crippen LogP contribution in [-0.2, 0) is 9.84 Å². The molecule has 25 heavy (non-hydrogen) atoms. The first-order valence-electron chi connectivity index (χ1n) is 6.66. The Labute approximate surface area is 150 Å². The molecule has 2 N–H and O–H groups in total. The summed E-state index contributed by atoms with van der Waals surface area (Å²) in [5, 5.41) is 24.4. The van der Waals surface area contributed by atoms with E-state index in [4.69, 9.17) is 11.6 Å². The molecule has 1 aromatic carbocycles. The molecule has 0 aliphatic rings. The predicted octanol–water partition coefficient (Wildman–Crippen LogP) is 2.53. The third-order valence-electron chi connectivity index (χ3n) is 3.11. The number of rotatable bonds is 5. The van der Waals surface area contributed by atoms with Crippen molar-refractivity contribution in [3.05, 3.63) is 58.2 Å². The third kappa shape index (κ3) is 3.45. The highest BCUT2D eigenvalue weighted by atomic mass is 35.5. The highest BCUT2D eigenvalue weighted by Crippen LogP contribution is 2.32. The van der Waals surface area contributed by atoms with Gasteiger partial charge in [-0.25, -0.2) is 8.42 Å². The summed E-state index contributed by atoms with van der Waals surface area (Å²) in [7, 11) is -3.88. The molecular formula is C14H9ClN4O4S2. The van der Waals surface area contributed by atoms with Gasteiger partial charge in [-0.15, -0.1) is 21.5 Å². The number of sulfone groups is 1. The van der Waals surface area contributed by atoms with Gasteiger partial charge < -0.3 is 5.11 Å². The SMILES string of the molecule is O=C(C=C(O)c1ccsc1S(=O)(=O)c1ccc(Cl)cc1)c1nn[nH]n1. The molecule has 0 unspecified atom stereocenters. The molecule has 2 aromatic heterocycles. The van der Waals surface area contributed by atoms with Crippen LogP contribution >= 0.6 is 22.9 Å². The molecule has 2 heterocycles. The van der Waals surface area contributed by atoms with E-state index in [-0.39, 0.29) is 20.5 Å². The molecule has 0 saturated heterocycles. The number of ketones is 1. The second-order valence-electron chi connectivity index (χ2n) is 4.71. The predicted molar refractivity (Wildman–Crippen MR) is 90.3 cm³/mol. The number of nitrogens with zero attached hydrogens (tertiary/aromatic N) is 3. The van der Waals surface area contributed by atoms with Crippen LogP contribution in [0.25, 0.3) is 5.76 Å². The molecule has 128 valence electrons. The van der Waals surface area contributed by atoms with E-state index < -0.39 is 21.4 Å². The number of tetrazole rings is 1. The van der Waals surface area contributed by atoms with Crippen molar-refractivity contribution >= 4 is 44.3 Å². The summed E-state index contributed by atoms with van der Waals surface area (Å²) in [4.78, 5) is 11.9. The second kappa shape index (κ2) is 6.75. The number of halogens is 1. The number of benzene rings is 1. The number of allylic oxidation sites excluding steroid dienone is 1. The summed E-state index contributed by atoms with van der Waals surface area (Å²) < 4.78 is 25.4. The number of carbonyl (C=O) groups is 1. The number of hydrogen-bond acceptors (Lipinski definition) is 8. The van der Waals surface area contributed by atoms with E-state index >= 15 is 0 Å². The van der Waals surface area contributed by atoms with Crippen molar-refractivity contribution in [2.75, 3.05) is 0 Å². The number of thiophene rings is 1. The molecule has 8 nitrogen and oxygen atoms in total. The van der Waals surface area contributed by atoms with Crippen molar-refractivity contribution in [3.63, 3.8) is 0 Å². The molecule has 0 amide bonds. The van der Waals surface area contributed by atoms with E-state index in [2.05, 4.69) is 20.6 Å². The van der Waals surface area contributed by atoms with Crippen molar-refractivity contribution in [2.24, 2.45) is 0 Å². The smallest absolute Gasteiger partial charge is 0.244 e. The van der Waals surface area contributed by atoms with Crippen molar-refractivity contribution in [1.29, 1.82) is 0 Å². The monoisotopic (exact) mass is 396 g/mol. The Morgan fingerprint density at radius 3 is 2.60 bits per heavy atom. The molecule has 0 atom stereocenters. The van der Waals surface area contributed by atoms with Crippen molar-refractivity contribution in [2.45, 2.75) is 9.10 Å². The molecule has 0 spiro atoms. The van der Waals surface area contributed by atoms with Crippen LogP contribution in [0.4, 0.5) is 0 Å². The summed E-state index contributed by atoms with van der Waals surface area (Å²) in [6, 6.07) is 7.05. The Morgan fingerprint density at radius 1 is 1.24 bits per heavy atom. The summed E-state index contributed by atoms with van der Waals surface area (Å²) in [6.45, 7) is 0. The fourth-order valence-corrected chi connectivity index (χ4v) is 4.83. The lowest BCUT2D eigenvalue weighted by molar-refractivity contribution is 0.103. The maximum absolute atomic E-state index is 12.8. The number of carbonyl (C=O) groups excluding carboxylic acids is 1. The quantitative estimate of drug-likeness (QED) is 0.385. The Kier molecular flexibility index (Phi) is 4.66. The van der Waals surface area contributed by atoms with Crippen LogP contribution in [0.3, 0.4) is 0 Å². The van der Waals surface area contributed by atoms with Crippen LogP contribution in [0.5, 0.6) is 0 Å². The average Bonchev–Trinajstić information content (AvgIpc) is 3.27. The summed E-state index contributed by atoms with van der Waals surface area (Å²) in [5.74, 6) is -1.47. The van der Waals surface area contributed by atoms with E-state index in [1.807, 2.05) is 0 Å². The Hall–Kier alpha value is -2.56. The van der Waals surface area contributed by atoms with Crippen LogP contribution in [0.15, 0.2) is 50.9 Å². The first-order valence-corrected chi connectivity index (χ1v) is 9.40. The molecule has 11 heteroatoms. The fraction of sp³-hybridized carbons (Fsp3) is 0. The Balaban J connectivity index is 2.00. The first kappa shape index (κ1) is 17.3. The van der Waals surface area contributed by atoms with Crippen LogP contribution in [0.1, 0.15) is 16.2 Å². The van der Waals surface area contributed by atoms with Gasteiger partial charge in [-0.05, 0) is 40.9 Å². The van der Waals surface area contributed by atoms with E-state index in [0.717, 1.165) is 17.4 Å². The topological polar surface area (TPSA) is 126 Å².